The Morgan fingerprint density at radius 3 is 2.63 bits per heavy atom. The van der Waals surface area contributed by atoms with Crippen LogP contribution in [0.15, 0.2) is 48.5 Å². The molecule has 0 aromatic heterocycles. The highest BCUT2D eigenvalue weighted by atomic mass is 35.5. The van der Waals surface area contributed by atoms with Gasteiger partial charge in [-0.05, 0) is 48.9 Å². The number of benzene rings is 2. The van der Waals surface area contributed by atoms with Gasteiger partial charge in [0.05, 0.1) is 11.7 Å². The first kappa shape index (κ1) is 23.1. The van der Waals surface area contributed by atoms with Crippen molar-refractivity contribution in [1.82, 2.24) is 9.62 Å². The number of carbonyl (C=O) groups is 1. The number of nitrogens with one attached hydrogen (secondary N) is 1. The minimum Gasteiger partial charge on any atom is -0.352 e. The predicted octanol–water partition coefficient (Wildman–Crippen LogP) is 4.28. The molecule has 162 valence electrons. The molecular formula is C22H26Cl2N2O3S. The number of amides is 1. The summed E-state index contributed by atoms with van der Waals surface area (Å²) in [6.07, 6.45) is 2.64. The van der Waals surface area contributed by atoms with Crippen molar-refractivity contribution in [3.05, 3.63) is 69.7 Å². The van der Waals surface area contributed by atoms with Gasteiger partial charge >= 0.3 is 0 Å². The van der Waals surface area contributed by atoms with Gasteiger partial charge in [0.2, 0.25) is 15.9 Å². The molecule has 1 atom stereocenters. The van der Waals surface area contributed by atoms with E-state index in [0.29, 0.717) is 35.9 Å². The van der Waals surface area contributed by atoms with Crippen LogP contribution in [-0.4, -0.2) is 37.5 Å². The summed E-state index contributed by atoms with van der Waals surface area (Å²) in [6, 6.07) is 15.0. The molecule has 1 amide bonds. The van der Waals surface area contributed by atoms with Crippen molar-refractivity contribution >= 4 is 39.1 Å². The Morgan fingerprint density at radius 2 is 1.90 bits per heavy atom. The van der Waals surface area contributed by atoms with Crippen LogP contribution in [0.1, 0.15) is 30.4 Å². The van der Waals surface area contributed by atoms with Crippen LogP contribution in [-0.2, 0) is 27.8 Å². The zero-order valence-corrected chi connectivity index (χ0v) is 19.0. The van der Waals surface area contributed by atoms with E-state index in [4.69, 9.17) is 23.2 Å². The Morgan fingerprint density at radius 1 is 1.13 bits per heavy atom. The third-order valence-corrected chi connectivity index (χ3v) is 7.84. The molecule has 5 nitrogen and oxygen atoms in total. The van der Waals surface area contributed by atoms with Gasteiger partial charge in [-0.15, -0.1) is 0 Å². The maximum atomic E-state index is 12.8. The molecule has 0 bridgehead atoms. The number of aryl methyl sites for hydroxylation is 1. The van der Waals surface area contributed by atoms with Gasteiger partial charge in [-0.2, -0.15) is 0 Å². The number of nitrogens with zero attached hydrogens (tertiary/aromatic N) is 1. The van der Waals surface area contributed by atoms with Crippen molar-refractivity contribution in [3.8, 4) is 0 Å². The van der Waals surface area contributed by atoms with E-state index in [1.165, 1.54) is 4.31 Å². The van der Waals surface area contributed by atoms with Crippen molar-refractivity contribution in [2.75, 3.05) is 18.8 Å². The second-order valence-electron chi connectivity index (χ2n) is 7.56. The van der Waals surface area contributed by atoms with E-state index in [1.54, 1.807) is 18.2 Å². The molecule has 0 spiro atoms. The van der Waals surface area contributed by atoms with Crippen LogP contribution < -0.4 is 5.32 Å². The molecule has 2 aromatic carbocycles. The van der Waals surface area contributed by atoms with Gasteiger partial charge in [0.15, 0.2) is 0 Å². The summed E-state index contributed by atoms with van der Waals surface area (Å²) >= 11 is 12.0. The van der Waals surface area contributed by atoms with Crippen LogP contribution in [0.2, 0.25) is 10.0 Å². The summed E-state index contributed by atoms with van der Waals surface area (Å²) in [6.45, 7) is 0.990. The number of hydrogen-bond donors (Lipinski definition) is 1. The highest BCUT2D eigenvalue weighted by Gasteiger charge is 2.32. The normalized spacial score (nSPS) is 17.6. The number of carbonyl (C=O) groups excluding carboxylic acids is 1. The largest absolute Gasteiger partial charge is 0.352 e. The zero-order valence-electron chi connectivity index (χ0n) is 16.7. The van der Waals surface area contributed by atoms with Crippen LogP contribution in [0.5, 0.6) is 0 Å². The van der Waals surface area contributed by atoms with Gasteiger partial charge in [0.1, 0.15) is 0 Å². The second kappa shape index (κ2) is 10.6. The molecule has 1 aliphatic rings. The number of hydrogen-bond acceptors (Lipinski definition) is 3. The molecule has 0 radical (unpaired) electrons. The summed E-state index contributed by atoms with van der Waals surface area (Å²) in [7, 11) is -3.38. The van der Waals surface area contributed by atoms with Crippen molar-refractivity contribution in [2.45, 2.75) is 32.2 Å². The molecule has 1 saturated heterocycles. The maximum absolute atomic E-state index is 12.8. The second-order valence-corrected chi connectivity index (χ2v) is 10.5. The lowest BCUT2D eigenvalue weighted by molar-refractivity contribution is -0.126. The van der Waals surface area contributed by atoms with Crippen molar-refractivity contribution < 1.29 is 13.2 Å². The highest BCUT2D eigenvalue weighted by molar-refractivity contribution is 7.89. The molecule has 0 saturated carbocycles. The van der Waals surface area contributed by atoms with E-state index in [2.05, 4.69) is 5.32 Å². The Bertz CT molecular complexity index is 968. The van der Waals surface area contributed by atoms with E-state index in [-0.39, 0.29) is 30.7 Å². The number of sulfonamides is 1. The van der Waals surface area contributed by atoms with Crippen molar-refractivity contribution in [1.29, 1.82) is 0 Å². The van der Waals surface area contributed by atoms with E-state index >= 15 is 0 Å². The summed E-state index contributed by atoms with van der Waals surface area (Å²) in [5.41, 5.74) is 1.90. The molecule has 1 heterocycles. The van der Waals surface area contributed by atoms with E-state index in [1.807, 2.05) is 30.3 Å². The first-order valence-corrected chi connectivity index (χ1v) is 12.4. The fraction of sp³-hybridized carbons (Fsp3) is 0.409. The first-order valence-electron chi connectivity index (χ1n) is 10.1. The monoisotopic (exact) mass is 468 g/mol. The molecule has 1 aliphatic heterocycles. The molecule has 8 heteroatoms. The molecule has 1 fully saturated rings. The lowest BCUT2D eigenvalue weighted by atomic mass is 9.99. The van der Waals surface area contributed by atoms with Crippen LogP contribution in [0.25, 0.3) is 0 Å². The standard InChI is InChI=1S/C22H26Cl2N2O3S/c23-20-11-10-18(21(24)14-20)15-25-22(27)19-9-4-12-26(16-19)30(28,29)13-5-8-17-6-2-1-3-7-17/h1-3,6-7,10-11,14,19H,4-5,8-9,12-13,15-16H2,(H,25,27)/t19-/m1/s1. The zero-order chi connectivity index (χ0) is 21.6. The minimum atomic E-state index is -3.38. The summed E-state index contributed by atoms with van der Waals surface area (Å²) in [4.78, 5) is 12.6. The van der Waals surface area contributed by atoms with Gasteiger partial charge in [0, 0.05) is 29.7 Å². The number of piperidine rings is 1. The Kier molecular flexibility index (Phi) is 8.17. The third kappa shape index (κ3) is 6.45. The molecule has 0 unspecified atom stereocenters. The van der Waals surface area contributed by atoms with Crippen LogP contribution >= 0.6 is 23.2 Å². The third-order valence-electron chi connectivity index (χ3n) is 5.33. The molecule has 30 heavy (non-hydrogen) atoms. The molecular weight excluding hydrogens is 443 g/mol. The lowest BCUT2D eigenvalue weighted by Crippen LogP contribution is -2.46. The number of rotatable bonds is 8. The Labute approximate surface area is 188 Å². The van der Waals surface area contributed by atoms with Gasteiger partial charge in [-0.1, -0.05) is 59.6 Å². The summed E-state index contributed by atoms with van der Waals surface area (Å²) in [5.74, 6) is -0.407. The summed E-state index contributed by atoms with van der Waals surface area (Å²) < 4.78 is 27.0. The SMILES string of the molecule is O=C(NCc1ccc(Cl)cc1Cl)[C@@H]1CCCN(S(=O)(=O)CCCc2ccccc2)C1. The Balaban J connectivity index is 1.51. The molecule has 0 aliphatic carbocycles. The van der Waals surface area contributed by atoms with Gasteiger partial charge in [0.25, 0.3) is 0 Å². The van der Waals surface area contributed by atoms with Crippen molar-refractivity contribution in [3.63, 3.8) is 0 Å². The number of halogens is 2. The molecule has 1 N–H and O–H groups in total. The van der Waals surface area contributed by atoms with Gasteiger partial charge in [-0.3, -0.25) is 4.79 Å². The lowest BCUT2D eigenvalue weighted by Gasteiger charge is -2.31. The average Bonchev–Trinajstić information content (AvgIpc) is 2.73. The predicted molar refractivity (Wildman–Crippen MR) is 121 cm³/mol. The van der Waals surface area contributed by atoms with E-state index in [0.717, 1.165) is 17.5 Å². The topological polar surface area (TPSA) is 66.5 Å². The average molecular weight is 469 g/mol. The van der Waals surface area contributed by atoms with Crippen molar-refractivity contribution in [2.24, 2.45) is 5.92 Å². The van der Waals surface area contributed by atoms with Gasteiger partial charge < -0.3 is 5.32 Å². The minimum absolute atomic E-state index is 0.0939. The van der Waals surface area contributed by atoms with Gasteiger partial charge in [-0.25, -0.2) is 12.7 Å². The quantitative estimate of drug-likeness (QED) is 0.628. The van der Waals surface area contributed by atoms with E-state index < -0.39 is 10.0 Å². The van der Waals surface area contributed by atoms with Crippen LogP contribution in [0.3, 0.4) is 0 Å². The smallest absolute Gasteiger partial charge is 0.224 e. The fourth-order valence-electron chi connectivity index (χ4n) is 3.63. The summed E-state index contributed by atoms with van der Waals surface area (Å²) in [5, 5.41) is 3.91. The molecule has 2 aromatic rings. The maximum Gasteiger partial charge on any atom is 0.224 e. The Hall–Kier alpha value is -1.60. The first-order chi connectivity index (χ1) is 14.3. The van der Waals surface area contributed by atoms with E-state index in [9.17, 15) is 13.2 Å². The fourth-order valence-corrected chi connectivity index (χ4v) is 5.69. The van der Waals surface area contributed by atoms with Crippen LogP contribution in [0, 0.1) is 5.92 Å². The molecule has 3 rings (SSSR count). The van der Waals surface area contributed by atoms with Crippen LogP contribution in [0.4, 0.5) is 0 Å². The highest BCUT2D eigenvalue weighted by Crippen LogP contribution is 2.23.